The molecule has 0 aliphatic heterocycles. The van der Waals surface area contributed by atoms with Crippen LogP contribution < -0.4 is 5.32 Å². The van der Waals surface area contributed by atoms with Gasteiger partial charge in [-0.3, -0.25) is 25.0 Å². The van der Waals surface area contributed by atoms with E-state index in [1.807, 2.05) is 19.9 Å². The maximum atomic E-state index is 11.2. The van der Waals surface area contributed by atoms with Gasteiger partial charge in [-0.15, -0.1) is 0 Å². The number of nitrogens with zero attached hydrogens (tertiary/aromatic N) is 2. The molecule has 0 saturated carbocycles. The van der Waals surface area contributed by atoms with Gasteiger partial charge in [-0.05, 0) is 37.1 Å². The second kappa shape index (κ2) is 7.09. The summed E-state index contributed by atoms with van der Waals surface area (Å²) in [6.07, 6.45) is 0.534. The Morgan fingerprint density at radius 3 is 2.33 bits per heavy atom. The molecule has 0 heterocycles. The summed E-state index contributed by atoms with van der Waals surface area (Å²) in [5.41, 5.74) is 1.58. The van der Waals surface area contributed by atoms with Crippen LogP contribution in [0.15, 0.2) is 40.1 Å². The first-order valence-electron chi connectivity index (χ1n) is 6.75. The number of carbonyl (C=O) groups excluding carboxylic acids is 1. The van der Waals surface area contributed by atoms with Crippen molar-refractivity contribution in [1.82, 2.24) is 0 Å². The van der Waals surface area contributed by atoms with Gasteiger partial charge in [0.15, 0.2) is 0 Å². The first-order chi connectivity index (χ1) is 11.3. The lowest BCUT2D eigenvalue weighted by atomic mass is 10.1. The number of benzene rings is 2. The molecule has 0 atom stereocenters. The van der Waals surface area contributed by atoms with Crippen LogP contribution in [0.1, 0.15) is 11.1 Å². The van der Waals surface area contributed by atoms with Crippen molar-refractivity contribution in [1.29, 1.82) is 0 Å². The van der Waals surface area contributed by atoms with E-state index in [4.69, 9.17) is 0 Å². The van der Waals surface area contributed by atoms with E-state index in [0.29, 0.717) is 17.0 Å². The van der Waals surface area contributed by atoms with Crippen molar-refractivity contribution in [2.24, 2.45) is 0 Å². The average Bonchev–Trinajstić information content (AvgIpc) is 2.50. The number of non-ortho nitro benzene ring substituents is 1. The smallest absolute Gasteiger partial charge is 0.290 e. The normalized spacial score (nSPS) is 10.2. The highest BCUT2D eigenvalue weighted by Crippen LogP contribution is 2.41. The Morgan fingerprint density at radius 2 is 1.75 bits per heavy atom. The second-order valence-electron chi connectivity index (χ2n) is 4.99. The number of rotatable bonds is 6. The van der Waals surface area contributed by atoms with Gasteiger partial charge in [0.05, 0.1) is 26.5 Å². The molecular formula is C15H13N3O5S. The minimum absolute atomic E-state index is 0.254. The molecule has 9 heteroatoms. The first kappa shape index (κ1) is 17.4. The monoisotopic (exact) mass is 347 g/mol. The summed E-state index contributed by atoms with van der Waals surface area (Å²) in [6, 6.07) is 7.14. The van der Waals surface area contributed by atoms with Gasteiger partial charge in [-0.2, -0.15) is 0 Å². The zero-order chi connectivity index (χ0) is 17.9. The fourth-order valence-corrected chi connectivity index (χ4v) is 3.40. The van der Waals surface area contributed by atoms with E-state index in [2.05, 4.69) is 5.32 Å². The van der Waals surface area contributed by atoms with Gasteiger partial charge < -0.3 is 5.32 Å². The minimum atomic E-state index is -0.683. The summed E-state index contributed by atoms with van der Waals surface area (Å²) >= 11 is 1.07. The zero-order valence-corrected chi connectivity index (χ0v) is 13.6. The topological polar surface area (TPSA) is 115 Å². The van der Waals surface area contributed by atoms with Crippen LogP contribution in [0.5, 0.6) is 0 Å². The van der Waals surface area contributed by atoms with E-state index in [0.717, 1.165) is 29.0 Å². The largest absolute Gasteiger partial charge is 0.327 e. The van der Waals surface area contributed by atoms with Crippen molar-refractivity contribution in [2.75, 3.05) is 5.32 Å². The SMILES string of the molecule is Cc1cc(C)c(NC=O)c(Sc2ccc([N+](=O)[O-])cc2[N+](=O)[O-])c1. The van der Waals surface area contributed by atoms with Crippen LogP contribution in [0.4, 0.5) is 17.1 Å². The highest BCUT2D eigenvalue weighted by atomic mass is 32.2. The molecule has 8 nitrogen and oxygen atoms in total. The number of anilines is 1. The summed E-state index contributed by atoms with van der Waals surface area (Å²) in [7, 11) is 0. The van der Waals surface area contributed by atoms with E-state index in [-0.39, 0.29) is 16.3 Å². The van der Waals surface area contributed by atoms with Crippen LogP contribution in [0.3, 0.4) is 0 Å². The molecule has 0 spiro atoms. The Hall–Kier alpha value is -2.94. The maximum absolute atomic E-state index is 11.2. The van der Waals surface area contributed by atoms with Gasteiger partial charge in [-0.1, -0.05) is 17.8 Å². The molecule has 0 fully saturated rings. The van der Waals surface area contributed by atoms with E-state index in [1.54, 1.807) is 6.07 Å². The maximum Gasteiger partial charge on any atom is 0.290 e. The molecule has 2 rings (SSSR count). The van der Waals surface area contributed by atoms with Crippen molar-refractivity contribution < 1.29 is 14.6 Å². The van der Waals surface area contributed by atoms with Gasteiger partial charge in [0.2, 0.25) is 6.41 Å². The first-order valence-corrected chi connectivity index (χ1v) is 7.57. The second-order valence-corrected chi connectivity index (χ2v) is 6.07. The molecule has 24 heavy (non-hydrogen) atoms. The van der Waals surface area contributed by atoms with E-state index >= 15 is 0 Å². The molecular weight excluding hydrogens is 334 g/mol. The zero-order valence-electron chi connectivity index (χ0n) is 12.8. The number of nitro groups is 2. The van der Waals surface area contributed by atoms with Gasteiger partial charge in [0.25, 0.3) is 11.4 Å². The fraction of sp³-hybridized carbons (Fsp3) is 0.133. The number of hydrogen-bond donors (Lipinski definition) is 1. The summed E-state index contributed by atoms with van der Waals surface area (Å²) in [6.45, 7) is 3.68. The molecule has 2 aromatic rings. The number of carbonyl (C=O) groups is 1. The van der Waals surface area contributed by atoms with Crippen LogP contribution >= 0.6 is 11.8 Å². The molecule has 0 unspecified atom stereocenters. The molecule has 0 aromatic heterocycles. The summed E-state index contributed by atoms with van der Waals surface area (Å²) < 4.78 is 0. The third-order valence-electron chi connectivity index (χ3n) is 3.22. The lowest BCUT2D eigenvalue weighted by Gasteiger charge is -2.12. The Balaban J connectivity index is 2.53. The fourth-order valence-electron chi connectivity index (χ4n) is 2.22. The number of nitrogens with one attached hydrogen (secondary N) is 1. The van der Waals surface area contributed by atoms with Crippen molar-refractivity contribution in [2.45, 2.75) is 23.6 Å². The van der Waals surface area contributed by atoms with Crippen molar-refractivity contribution >= 4 is 35.2 Å². The highest BCUT2D eigenvalue weighted by molar-refractivity contribution is 7.99. The standard InChI is InChI=1S/C15H13N3O5S/c1-9-5-10(2)15(16-8-19)14(6-9)24-13-4-3-11(17(20)21)7-12(13)18(22)23/h3-8H,1-2H3,(H,16,19). The summed E-state index contributed by atoms with van der Waals surface area (Å²) in [4.78, 5) is 32.4. The Labute approximate surface area is 141 Å². The predicted molar refractivity (Wildman–Crippen MR) is 89.5 cm³/mol. The van der Waals surface area contributed by atoms with E-state index in [9.17, 15) is 25.0 Å². The van der Waals surface area contributed by atoms with Crippen molar-refractivity contribution in [3.05, 3.63) is 61.7 Å². The van der Waals surface area contributed by atoms with E-state index < -0.39 is 9.85 Å². The Morgan fingerprint density at radius 1 is 1.04 bits per heavy atom. The van der Waals surface area contributed by atoms with Crippen LogP contribution in [-0.2, 0) is 4.79 Å². The van der Waals surface area contributed by atoms with Crippen LogP contribution in [0.2, 0.25) is 0 Å². The van der Waals surface area contributed by atoms with Gasteiger partial charge in [-0.25, -0.2) is 0 Å². The molecule has 0 aliphatic rings. The third-order valence-corrected chi connectivity index (χ3v) is 4.32. The van der Waals surface area contributed by atoms with Gasteiger partial charge >= 0.3 is 0 Å². The van der Waals surface area contributed by atoms with Crippen molar-refractivity contribution in [3.63, 3.8) is 0 Å². The number of hydrogen-bond acceptors (Lipinski definition) is 6. The molecule has 0 aliphatic carbocycles. The number of amides is 1. The Kier molecular flexibility index (Phi) is 5.14. The average molecular weight is 347 g/mol. The lowest BCUT2D eigenvalue weighted by Crippen LogP contribution is -2.00. The minimum Gasteiger partial charge on any atom is -0.327 e. The van der Waals surface area contributed by atoms with Crippen LogP contribution in [0, 0.1) is 34.1 Å². The predicted octanol–water partition coefficient (Wildman–Crippen LogP) is 3.84. The third kappa shape index (κ3) is 3.69. The van der Waals surface area contributed by atoms with E-state index in [1.165, 1.54) is 12.1 Å². The van der Waals surface area contributed by atoms with Gasteiger partial charge in [0.1, 0.15) is 0 Å². The lowest BCUT2D eigenvalue weighted by molar-refractivity contribution is -0.396. The molecule has 2 aromatic carbocycles. The van der Waals surface area contributed by atoms with Gasteiger partial charge in [0, 0.05) is 11.0 Å². The number of aryl methyl sites for hydroxylation is 2. The molecule has 0 radical (unpaired) electrons. The van der Waals surface area contributed by atoms with Crippen LogP contribution in [-0.4, -0.2) is 16.3 Å². The molecule has 1 N–H and O–H groups in total. The van der Waals surface area contributed by atoms with Crippen LogP contribution in [0.25, 0.3) is 0 Å². The highest BCUT2D eigenvalue weighted by Gasteiger charge is 2.21. The van der Waals surface area contributed by atoms with Crippen molar-refractivity contribution in [3.8, 4) is 0 Å². The molecule has 1 amide bonds. The molecule has 0 bridgehead atoms. The summed E-state index contributed by atoms with van der Waals surface area (Å²) in [5.74, 6) is 0. The molecule has 0 saturated heterocycles. The molecule has 124 valence electrons. The Bertz CT molecular complexity index is 838. The quantitative estimate of drug-likeness (QED) is 0.482. The summed E-state index contributed by atoms with van der Waals surface area (Å²) in [5, 5.41) is 24.6. The number of nitro benzene ring substituents is 2.